The molecule has 8 nitrogen and oxygen atoms in total. The number of piperidine rings is 1. The molecule has 4 aromatic rings. The van der Waals surface area contributed by atoms with Crippen molar-refractivity contribution in [2.45, 2.75) is 45.1 Å². The summed E-state index contributed by atoms with van der Waals surface area (Å²) in [5.74, 6) is 0.380. The summed E-state index contributed by atoms with van der Waals surface area (Å²) in [5.41, 5.74) is 5.48. The van der Waals surface area contributed by atoms with Gasteiger partial charge in [0.1, 0.15) is 5.65 Å². The molecule has 0 saturated carbocycles. The molecule has 36 heavy (non-hydrogen) atoms. The van der Waals surface area contributed by atoms with Gasteiger partial charge in [0.25, 0.3) is 11.8 Å². The zero-order valence-corrected chi connectivity index (χ0v) is 20.9. The molecule has 186 valence electrons. The van der Waals surface area contributed by atoms with E-state index in [0.717, 1.165) is 61.2 Å². The Morgan fingerprint density at radius 3 is 2.61 bits per heavy atom. The molecule has 0 atom stereocenters. The fraction of sp³-hybridized carbons (Fsp3) is 0.357. The third-order valence-corrected chi connectivity index (χ3v) is 7.12. The summed E-state index contributed by atoms with van der Waals surface area (Å²) < 4.78 is 3.76. The van der Waals surface area contributed by atoms with Gasteiger partial charge in [-0.2, -0.15) is 5.10 Å². The van der Waals surface area contributed by atoms with Crippen molar-refractivity contribution in [2.24, 2.45) is 7.05 Å². The number of carbonyl (C=O) groups is 2. The average Bonchev–Trinajstić information content (AvgIpc) is 3.53. The van der Waals surface area contributed by atoms with E-state index in [1.807, 2.05) is 69.8 Å². The lowest BCUT2D eigenvalue weighted by atomic mass is 9.88. The number of carbonyl (C=O) groups excluding carboxylic acids is 2. The summed E-state index contributed by atoms with van der Waals surface area (Å²) in [4.78, 5) is 32.0. The second-order valence-corrected chi connectivity index (χ2v) is 9.48. The third-order valence-electron chi connectivity index (χ3n) is 7.12. The Hall–Kier alpha value is -3.94. The Kier molecular flexibility index (Phi) is 6.84. The predicted molar refractivity (Wildman–Crippen MR) is 138 cm³/mol. The molecule has 1 aromatic carbocycles. The van der Waals surface area contributed by atoms with Gasteiger partial charge in [-0.25, -0.2) is 4.98 Å². The Balaban J connectivity index is 1.15. The van der Waals surface area contributed by atoms with Gasteiger partial charge >= 0.3 is 0 Å². The van der Waals surface area contributed by atoms with E-state index in [2.05, 4.69) is 22.3 Å². The molecule has 1 aliphatic rings. The lowest BCUT2D eigenvalue weighted by molar-refractivity contribution is 0.0711. The van der Waals surface area contributed by atoms with Crippen molar-refractivity contribution in [1.29, 1.82) is 0 Å². The number of hydrogen-bond donors (Lipinski definition) is 1. The molecule has 3 aromatic heterocycles. The van der Waals surface area contributed by atoms with Crippen LogP contribution in [0.25, 0.3) is 5.65 Å². The summed E-state index contributed by atoms with van der Waals surface area (Å²) in [7, 11) is 1.90. The van der Waals surface area contributed by atoms with Crippen molar-refractivity contribution >= 4 is 17.5 Å². The first-order chi connectivity index (χ1) is 17.5. The topological polar surface area (TPSA) is 84.5 Å². The van der Waals surface area contributed by atoms with Gasteiger partial charge in [-0.05, 0) is 60.6 Å². The summed E-state index contributed by atoms with van der Waals surface area (Å²) >= 11 is 0. The number of imidazole rings is 1. The van der Waals surface area contributed by atoms with E-state index in [9.17, 15) is 9.59 Å². The van der Waals surface area contributed by atoms with Gasteiger partial charge < -0.3 is 14.6 Å². The fourth-order valence-corrected chi connectivity index (χ4v) is 5.01. The van der Waals surface area contributed by atoms with Gasteiger partial charge in [-0.3, -0.25) is 14.3 Å². The van der Waals surface area contributed by atoms with Gasteiger partial charge in [-0.1, -0.05) is 25.5 Å². The molecule has 0 radical (unpaired) electrons. The summed E-state index contributed by atoms with van der Waals surface area (Å²) in [5, 5.41) is 7.30. The van der Waals surface area contributed by atoms with Crippen LogP contribution >= 0.6 is 0 Å². The normalized spacial score (nSPS) is 14.3. The Bertz CT molecular complexity index is 1360. The number of likely N-dealkylation sites (tertiary alicyclic amines) is 1. The fourth-order valence-electron chi connectivity index (χ4n) is 5.01. The highest BCUT2D eigenvalue weighted by atomic mass is 16.2. The largest absolute Gasteiger partial charge is 0.348 e. The van der Waals surface area contributed by atoms with Crippen LogP contribution in [0.4, 0.5) is 0 Å². The Morgan fingerprint density at radius 1 is 1.08 bits per heavy atom. The lowest BCUT2D eigenvalue weighted by Gasteiger charge is -2.32. The second kappa shape index (κ2) is 10.4. The van der Waals surface area contributed by atoms with Gasteiger partial charge in [0, 0.05) is 50.8 Å². The quantitative estimate of drug-likeness (QED) is 0.430. The predicted octanol–water partition coefficient (Wildman–Crippen LogP) is 3.97. The van der Waals surface area contributed by atoms with Crippen LogP contribution in [0.2, 0.25) is 0 Å². The molecule has 1 N–H and O–H groups in total. The SMILES string of the molecule is CCCc1c(C(=O)N2CCC(c3ccc(C(=O)NCc4ccn5ccnc5c4)cc3)CC2)cnn1C. The maximum atomic E-state index is 13.1. The van der Waals surface area contributed by atoms with E-state index in [1.54, 1.807) is 12.4 Å². The molecular formula is C28H32N6O2. The van der Waals surface area contributed by atoms with Crippen LogP contribution in [0.1, 0.15) is 69.6 Å². The van der Waals surface area contributed by atoms with Crippen molar-refractivity contribution in [1.82, 2.24) is 29.4 Å². The minimum Gasteiger partial charge on any atom is -0.348 e. The minimum atomic E-state index is -0.0930. The van der Waals surface area contributed by atoms with Gasteiger partial charge in [-0.15, -0.1) is 0 Å². The van der Waals surface area contributed by atoms with E-state index in [-0.39, 0.29) is 11.8 Å². The standard InChI is InChI=1S/C28H32N6O2/c1-3-4-25-24(19-31-32(25)2)28(36)34-14-10-22(11-15-34)21-5-7-23(8-6-21)27(35)30-18-20-9-13-33-16-12-29-26(33)17-20/h5-9,12-13,16-17,19,22H,3-4,10-11,14-15,18H2,1-2H3,(H,30,35). The zero-order valence-electron chi connectivity index (χ0n) is 20.9. The second-order valence-electron chi connectivity index (χ2n) is 9.48. The maximum Gasteiger partial charge on any atom is 0.257 e. The van der Waals surface area contributed by atoms with Crippen molar-refractivity contribution in [3.63, 3.8) is 0 Å². The van der Waals surface area contributed by atoms with Crippen molar-refractivity contribution in [3.05, 3.63) is 89.1 Å². The van der Waals surface area contributed by atoms with E-state index >= 15 is 0 Å². The molecular weight excluding hydrogens is 452 g/mol. The molecule has 1 aliphatic heterocycles. The summed E-state index contributed by atoms with van der Waals surface area (Å²) in [6, 6.07) is 11.8. The number of benzene rings is 1. The highest BCUT2D eigenvalue weighted by molar-refractivity contribution is 5.95. The maximum absolute atomic E-state index is 13.1. The molecule has 1 fully saturated rings. The van der Waals surface area contributed by atoms with Crippen LogP contribution in [0.5, 0.6) is 0 Å². The zero-order chi connectivity index (χ0) is 25.1. The first-order valence-electron chi connectivity index (χ1n) is 12.6. The van der Waals surface area contributed by atoms with Crippen molar-refractivity contribution in [3.8, 4) is 0 Å². The molecule has 1 saturated heterocycles. The number of aromatic nitrogens is 4. The first kappa shape index (κ1) is 23.8. The number of amides is 2. The molecule has 2 amide bonds. The molecule has 0 spiro atoms. The van der Waals surface area contributed by atoms with Crippen molar-refractivity contribution < 1.29 is 9.59 Å². The molecule has 0 aliphatic carbocycles. The molecule has 0 unspecified atom stereocenters. The minimum absolute atomic E-state index is 0.0870. The smallest absolute Gasteiger partial charge is 0.257 e. The lowest BCUT2D eigenvalue weighted by Crippen LogP contribution is -2.38. The van der Waals surface area contributed by atoms with E-state index in [4.69, 9.17) is 0 Å². The van der Waals surface area contributed by atoms with Gasteiger partial charge in [0.15, 0.2) is 0 Å². The Morgan fingerprint density at radius 2 is 1.86 bits per heavy atom. The third kappa shape index (κ3) is 4.89. The monoisotopic (exact) mass is 484 g/mol. The van der Waals surface area contributed by atoms with Crippen LogP contribution in [-0.2, 0) is 20.0 Å². The number of aryl methyl sites for hydroxylation is 1. The Labute approximate surface area is 210 Å². The van der Waals surface area contributed by atoms with Crippen LogP contribution < -0.4 is 5.32 Å². The van der Waals surface area contributed by atoms with Gasteiger partial charge in [0.05, 0.1) is 17.5 Å². The molecule has 5 rings (SSSR count). The number of nitrogens with one attached hydrogen (secondary N) is 1. The number of fused-ring (bicyclic) bond motifs is 1. The van der Waals surface area contributed by atoms with Crippen LogP contribution in [0.3, 0.4) is 0 Å². The van der Waals surface area contributed by atoms with Gasteiger partial charge in [0.2, 0.25) is 0 Å². The van der Waals surface area contributed by atoms with E-state index in [0.29, 0.717) is 18.0 Å². The number of pyridine rings is 1. The van der Waals surface area contributed by atoms with Crippen molar-refractivity contribution in [2.75, 3.05) is 13.1 Å². The van der Waals surface area contributed by atoms with E-state index < -0.39 is 0 Å². The molecule has 8 heteroatoms. The molecule has 0 bridgehead atoms. The number of nitrogens with zero attached hydrogens (tertiary/aromatic N) is 5. The number of hydrogen-bond acceptors (Lipinski definition) is 4. The molecule has 4 heterocycles. The summed E-state index contributed by atoms with van der Waals surface area (Å²) in [6.07, 6.45) is 11.0. The van der Waals surface area contributed by atoms with Crippen LogP contribution in [-0.4, -0.2) is 49.0 Å². The van der Waals surface area contributed by atoms with Crippen LogP contribution in [0, 0.1) is 0 Å². The van der Waals surface area contributed by atoms with E-state index in [1.165, 1.54) is 5.56 Å². The first-order valence-corrected chi connectivity index (χ1v) is 12.6. The highest BCUT2D eigenvalue weighted by Gasteiger charge is 2.27. The highest BCUT2D eigenvalue weighted by Crippen LogP contribution is 2.29. The number of rotatable bonds is 7. The van der Waals surface area contributed by atoms with Crippen LogP contribution in [0.15, 0.2) is 61.2 Å². The summed E-state index contributed by atoms with van der Waals surface area (Å²) in [6.45, 7) is 4.02. The average molecular weight is 485 g/mol.